The molecule has 1 fully saturated rings. The summed E-state index contributed by atoms with van der Waals surface area (Å²) >= 11 is 0. The van der Waals surface area contributed by atoms with Gasteiger partial charge in [-0.2, -0.15) is 0 Å². The third-order valence-corrected chi connectivity index (χ3v) is 3.53. The second-order valence-corrected chi connectivity index (χ2v) is 4.55. The molecule has 1 aliphatic carbocycles. The highest BCUT2D eigenvalue weighted by Crippen LogP contribution is 2.46. The highest BCUT2D eigenvalue weighted by atomic mass is 16.6. The quantitative estimate of drug-likeness (QED) is 0.403. The van der Waals surface area contributed by atoms with Crippen LogP contribution in [0.5, 0.6) is 0 Å². The van der Waals surface area contributed by atoms with Crippen LogP contribution < -0.4 is 0 Å². The van der Waals surface area contributed by atoms with E-state index in [1.807, 2.05) is 0 Å². The Bertz CT molecular complexity index is 334. The van der Waals surface area contributed by atoms with E-state index in [0.717, 1.165) is 0 Å². The van der Waals surface area contributed by atoms with Crippen molar-refractivity contribution in [2.75, 3.05) is 0 Å². The summed E-state index contributed by atoms with van der Waals surface area (Å²) in [6.45, 7) is 3.99. The van der Waals surface area contributed by atoms with Crippen molar-refractivity contribution in [2.24, 2.45) is 5.41 Å². The van der Waals surface area contributed by atoms with Crippen molar-refractivity contribution in [1.82, 2.24) is 0 Å². The Kier molecular flexibility index (Phi) is 2.67. The molecular formula is C10H15NO4. The van der Waals surface area contributed by atoms with Gasteiger partial charge in [0.25, 0.3) is 0 Å². The zero-order valence-corrected chi connectivity index (χ0v) is 9.20. The van der Waals surface area contributed by atoms with Gasteiger partial charge in [0.05, 0.1) is 0 Å². The van der Waals surface area contributed by atoms with Crippen LogP contribution in [0.15, 0.2) is 0 Å². The zero-order valence-electron chi connectivity index (χ0n) is 9.20. The molecule has 1 unspecified atom stereocenters. The van der Waals surface area contributed by atoms with Gasteiger partial charge in [-0.15, -0.1) is 0 Å². The van der Waals surface area contributed by atoms with E-state index in [-0.39, 0.29) is 18.0 Å². The van der Waals surface area contributed by atoms with E-state index in [9.17, 15) is 19.7 Å². The Balaban J connectivity index is 3.30. The van der Waals surface area contributed by atoms with E-state index in [1.54, 1.807) is 0 Å². The molecule has 0 radical (unpaired) electrons. The monoisotopic (exact) mass is 213 g/mol. The minimum atomic E-state index is -1.51. The number of nitrogens with zero attached hydrogens (tertiary/aromatic N) is 1. The lowest BCUT2D eigenvalue weighted by atomic mass is 9.67. The van der Waals surface area contributed by atoms with Gasteiger partial charge in [0, 0.05) is 25.2 Å². The molecule has 0 aromatic rings. The molecule has 0 saturated heterocycles. The first kappa shape index (κ1) is 11.8. The van der Waals surface area contributed by atoms with Crippen LogP contribution in [0.1, 0.15) is 40.0 Å². The van der Waals surface area contributed by atoms with Crippen molar-refractivity contribution < 1.29 is 14.5 Å². The van der Waals surface area contributed by atoms with Gasteiger partial charge in [-0.3, -0.25) is 19.7 Å². The standard InChI is InChI=1S/C10H15NO4/c1-7(12)10(6-4-5-8(10)13)9(2,3)11(14)15/h4-6H2,1-3H3. The maximum atomic E-state index is 11.8. The number of carbonyl (C=O) groups excluding carboxylic acids is 2. The van der Waals surface area contributed by atoms with Crippen LogP contribution in [0, 0.1) is 15.5 Å². The molecule has 1 saturated carbocycles. The Morgan fingerprint density at radius 2 is 2.07 bits per heavy atom. The van der Waals surface area contributed by atoms with Crippen molar-refractivity contribution in [3.05, 3.63) is 10.1 Å². The highest BCUT2D eigenvalue weighted by Gasteiger charge is 2.63. The third-order valence-electron chi connectivity index (χ3n) is 3.53. The van der Waals surface area contributed by atoms with Crippen LogP contribution in [-0.4, -0.2) is 22.0 Å². The molecular weight excluding hydrogens is 198 g/mol. The summed E-state index contributed by atoms with van der Waals surface area (Å²) in [5, 5.41) is 11.0. The van der Waals surface area contributed by atoms with Crippen LogP contribution in [0.25, 0.3) is 0 Å². The predicted octanol–water partition coefficient (Wildman–Crippen LogP) is 1.37. The maximum absolute atomic E-state index is 11.8. The number of Topliss-reactive ketones (excluding diaryl/α,β-unsaturated/α-hetero) is 2. The number of hydrogen-bond donors (Lipinski definition) is 0. The van der Waals surface area contributed by atoms with E-state index >= 15 is 0 Å². The zero-order chi connectivity index (χ0) is 11.9. The van der Waals surface area contributed by atoms with Gasteiger partial charge in [0.15, 0.2) is 17.0 Å². The summed E-state index contributed by atoms with van der Waals surface area (Å²) in [5.74, 6) is -0.664. The predicted molar refractivity (Wildman–Crippen MR) is 53.0 cm³/mol. The molecule has 5 heteroatoms. The van der Waals surface area contributed by atoms with Crippen LogP contribution in [0.4, 0.5) is 0 Å². The molecule has 15 heavy (non-hydrogen) atoms. The van der Waals surface area contributed by atoms with Crippen LogP contribution >= 0.6 is 0 Å². The molecule has 0 aromatic carbocycles. The number of rotatable bonds is 3. The molecule has 0 bridgehead atoms. The fraction of sp³-hybridized carbons (Fsp3) is 0.800. The number of carbonyl (C=O) groups is 2. The van der Waals surface area contributed by atoms with E-state index in [4.69, 9.17) is 0 Å². The molecule has 1 aliphatic rings. The van der Waals surface area contributed by atoms with Crippen LogP contribution in [-0.2, 0) is 9.59 Å². The molecule has 5 nitrogen and oxygen atoms in total. The molecule has 0 aliphatic heterocycles. The lowest BCUT2D eigenvalue weighted by Crippen LogP contribution is -2.56. The molecule has 0 amide bonds. The summed E-state index contributed by atoms with van der Waals surface area (Å²) in [6, 6.07) is 0. The Labute approximate surface area is 88.0 Å². The molecule has 1 rings (SSSR count). The van der Waals surface area contributed by atoms with E-state index in [1.165, 1.54) is 20.8 Å². The van der Waals surface area contributed by atoms with Gasteiger partial charge in [-0.25, -0.2) is 0 Å². The van der Waals surface area contributed by atoms with Crippen LogP contribution in [0.2, 0.25) is 0 Å². The summed E-state index contributed by atoms with van der Waals surface area (Å²) in [7, 11) is 0. The number of ketones is 2. The molecule has 84 valence electrons. The highest BCUT2D eigenvalue weighted by molar-refractivity contribution is 6.08. The maximum Gasteiger partial charge on any atom is 0.236 e. The number of hydrogen-bond acceptors (Lipinski definition) is 4. The minimum absolute atomic E-state index is 0.275. The Morgan fingerprint density at radius 1 is 1.53 bits per heavy atom. The smallest absolute Gasteiger partial charge is 0.236 e. The van der Waals surface area contributed by atoms with Gasteiger partial charge >= 0.3 is 0 Å². The van der Waals surface area contributed by atoms with Crippen LogP contribution in [0.3, 0.4) is 0 Å². The topological polar surface area (TPSA) is 77.3 Å². The average Bonchev–Trinajstić information content (AvgIpc) is 2.47. The fourth-order valence-corrected chi connectivity index (χ4v) is 2.47. The van der Waals surface area contributed by atoms with Crippen molar-refractivity contribution in [3.63, 3.8) is 0 Å². The SMILES string of the molecule is CC(=O)C1(C(C)(C)[N+](=O)[O-])CCCC1=O. The van der Waals surface area contributed by atoms with Gasteiger partial charge in [-0.05, 0) is 19.8 Å². The van der Waals surface area contributed by atoms with Crippen molar-refractivity contribution >= 4 is 11.6 Å². The summed E-state index contributed by atoms with van der Waals surface area (Å²) in [6.07, 6.45) is 1.14. The van der Waals surface area contributed by atoms with Gasteiger partial charge in [0.1, 0.15) is 0 Å². The van der Waals surface area contributed by atoms with E-state index < -0.39 is 15.9 Å². The molecule has 0 N–H and O–H groups in total. The number of nitro groups is 1. The van der Waals surface area contributed by atoms with Crippen molar-refractivity contribution in [2.45, 2.75) is 45.6 Å². The normalized spacial score (nSPS) is 26.7. The summed E-state index contributed by atoms with van der Waals surface area (Å²) in [5.41, 5.74) is -2.91. The van der Waals surface area contributed by atoms with Gasteiger partial charge in [-0.1, -0.05) is 0 Å². The molecule has 0 spiro atoms. The Morgan fingerprint density at radius 3 is 2.33 bits per heavy atom. The average molecular weight is 213 g/mol. The third kappa shape index (κ3) is 1.37. The summed E-state index contributed by atoms with van der Waals surface area (Å²) in [4.78, 5) is 33.8. The van der Waals surface area contributed by atoms with E-state index in [0.29, 0.717) is 12.8 Å². The lowest BCUT2D eigenvalue weighted by molar-refractivity contribution is -0.574. The van der Waals surface area contributed by atoms with Gasteiger partial charge < -0.3 is 0 Å². The minimum Gasteiger partial charge on any atom is -0.299 e. The van der Waals surface area contributed by atoms with Crippen molar-refractivity contribution in [3.8, 4) is 0 Å². The Hall–Kier alpha value is -1.26. The van der Waals surface area contributed by atoms with Crippen molar-refractivity contribution in [1.29, 1.82) is 0 Å². The fourth-order valence-electron chi connectivity index (χ4n) is 2.47. The second kappa shape index (κ2) is 3.40. The van der Waals surface area contributed by atoms with E-state index in [2.05, 4.69) is 0 Å². The first-order valence-corrected chi connectivity index (χ1v) is 4.95. The second-order valence-electron chi connectivity index (χ2n) is 4.55. The van der Waals surface area contributed by atoms with Gasteiger partial charge in [0.2, 0.25) is 5.54 Å². The first-order chi connectivity index (χ1) is 6.76. The lowest BCUT2D eigenvalue weighted by Gasteiger charge is -2.33. The molecule has 0 heterocycles. The largest absolute Gasteiger partial charge is 0.299 e. The molecule has 1 atom stereocenters. The first-order valence-electron chi connectivity index (χ1n) is 4.95. The molecule has 0 aromatic heterocycles. The summed E-state index contributed by atoms with van der Waals surface area (Å²) < 4.78 is 0.